The van der Waals surface area contributed by atoms with Crippen LogP contribution in [0.2, 0.25) is 0 Å². The summed E-state index contributed by atoms with van der Waals surface area (Å²) in [6, 6.07) is 5.68. The number of methoxy groups -OCH3 is 2. The fourth-order valence-corrected chi connectivity index (χ4v) is 2.12. The van der Waals surface area contributed by atoms with Crippen molar-refractivity contribution in [3.8, 4) is 5.75 Å². The van der Waals surface area contributed by atoms with Crippen molar-refractivity contribution in [3.05, 3.63) is 23.8 Å². The Hall–Kier alpha value is -1.30. The van der Waals surface area contributed by atoms with E-state index >= 15 is 0 Å². The van der Waals surface area contributed by atoms with E-state index in [9.17, 15) is 5.11 Å². The second kappa shape index (κ2) is 7.99. The van der Waals surface area contributed by atoms with Crippen molar-refractivity contribution in [3.63, 3.8) is 0 Å². The Bertz CT molecular complexity index is 383. The van der Waals surface area contributed by atoms with Gasteiger partial charge in [-0.1, -0.05) is 6.07 Å². The smallest absolute Gasteiger partial charge is 0.125 e. The second-order valence-electron chi connectivity index (χ2n) is 4.39. The zero-order valence-corrected chi connectivity index (χ0v) is 11.9. The van der Waals surface area contributed by atoms with E-state index in [1.54, 1.807) is 14.2 Å². The van der Waals surface area contributed by atoms with Crippen LogP contribution < -0.4 is 15.4 Å². The molecule has 0 aliphatic rings. The zero-order valence-electron chi connectivity index (χ0n) is 11.9. The Morgan fingerprint density at radius 1 is 1.32 bits per heavy atom. The van der Waals surface area contributed by atoms with E-state index in [1.165, 1.54) is 0 Å². The molecule has 0 fully saturated rings. The molecule has 0 bridgehead atoms. The first-order valence-corrected chi connectivity index (χ1v) is 6.42. The Kier molecular flexibility index (Phi) is 6.62. The summed E-state index contributed by atoms with van der Waals surface area (Å²) in [5.41, 5.74) is 7.99. The monoisotopic (exact) mass is 268 g/mol. The van der Waals surface area contributed by atoms with Crippen LogP contribution >= 0.6 is 0 Å². The fraction of sp³-hybridized carbons (Fsp3) is 0.571. The molecular formula is C14H24N2O3. The molecule has 3 N–H and O–H groups in total. The van der Waals surface area contributed by atoms with Gasteiger partial charge in [0, 0.05) is 37.5 Å². The summed E-state index contributed by atoms with van der Waals surface area (Å²) in [6.07, 6.45) is 0. The van der Waals surface area contributed by atoms with E-state index in [2.05, 4.69) is 4.90 Å². The standard InChI is InChI=1S/C14H24N2O3/c1-11(15)14-12(5-4-6-13(14)19-3)16(7-9-17)8-10-18-2/h4-6,11,17H,7-10,15H2,1-3H3/t11-/m0/s1. The SMILES string of the molecule is COCCN(CCO)c1cccc(OC)c1[C@H](C)N. The first-order valence-electron chi connectivity index (χ1n) is 6.42. The number of rotatable bonds is 8. The molecule has 1 atom stereocenters. The minimum absolute atomic E-state index is 0.0827. The molecule has 0 unspecified atom stereocenters. The van der Waals surface area contributed by atoms with Crippen molar-refractivity contribution in [2.45, 2.75) is 13.0 Å². The molecule has 0 amide bonds. The lowest BCUT2D eigenvalue weighted by atomic mass is 10.0. The molecule has 0 saturated heterocycles. The predicted molar refractivity (Wildman–Crippen MR) is 76.8 cm³/mol. The zero-order chi connectivity index (χ0) is 14.3. The summed E-state index contributed by atoms with van der Waals surface area (Å²) in [5, 5.41) is 9.21. The van der Waals surface area contributed by atoms with Gasteiger partial charge >= 0.3 is 0 Å². The molecule has 1 rings (SSSR count). The van der Waals surface area contributed by atoms with Crippen molar-refractivity contribution < 1.29 is 14.6 Å². The molecule has 0 spiro atoms. The lowest BCUT2D eigenvalue weighted by Crippen LogP contribution is -2.31. The quantitative estimate of drug-likeness (QED) is 0.740. The summed E-state index contributed by atoms with van der Waals surface area (Å²) in [4.78, 5) is 2.06. The van der Waals surface area contributed by atoms with Gasteiger partial charge in [-0.05, 0) is 19.1 Å². The van der Waals surface area contributed by atoms with Gasteiger partial charge in [-0.25, -0.2) is 0 Å². The van der Waals surface area contributed by atoms with Crippen LogP contribution in [0.5, 0.6) is 5.75 Å². The highest BCUT2D eigenvalue weighted by Crippen LogP contribution is 2.33. The number of hydrogen-bond acceptors (Lipinski definition) is 5. The number of aliphatic hydroxyl groups excluding tert-OH is 1. The molecule has 19 heavy (non-hydrogen) atoms. The highest BCUT2D eigenvalue weighted by atomic mass is 16.5. The number of nitrogens with zero attached hydrogens (tertiary/aromatic N) is 1. The molecule has 0 heterocycles. The maximum Gasteiger partial charge on any atom is 0.125 e. The van der Waals surface area contributed by atoms with E-state index in [-0.39, 0.29) is 12.6 Å². The lowest BCUT2D eigenvalue weighted by Gasteiger charge is -2.28. The van der Waals surface area contributed by atoms with Gasteiger partial charge in [-0.3, -0.25) is 0 Å². The normalized spacial score (nSPS) is 12.3. The van der Waals surface area contributed by atoms with Crippen LogP contribution in [0.4, 0.5) is 5.69 Å². The molecule has 5 heteroatoms. The summed E-state index contributed by atoms with van der Waals surface area (Å²) in [6.45, 7) is 3.84. The molecule has 0 aliphatic heterocycles. The Labute approximate surface area is 114 Å². The first kappa shape index (κ1) is 15.8. The van der Waals surface area contributed by atoms with Crippen LogP contribution in [0.3, 0.4) is 0 Å². The van der Waals surface area contributed by atoms with E-state index < -0.39 is 0 Å². The Balaban J connectivity index is 3.13. The van der Waals surface area contributed by atoms with Gasteiger partial charge in [0.25, 0.3) is 0 Å². The third kappa shape index (κ3) is 4.09. The highest BCUT2D eigenvalue weighted by molar-refractivity contribution is 5.60. The van der Waals surface area contributed by atoms with Gasteiger partial charge in [0.15, 0.2) is 0 Å². The molecule has 0 aliphatic carbocycles. The summed E-state index contributed by atoms with van der Waals surface area (Å²) >= 11 is 0. The first-order chi connectivity index (χ1) is 9.15. The Morgan fingerprint density at radius 3 is 2.58 bits per heavy atom. The maximum absolute atomic E-state index is 9.21. The molecule has 1 aromatic carbocycles. The molecule has 0 radical (unpaired) electrons. The van der Waals surface area contributed by atoms with Crippen molar-refractivity contribution in [2.24, 2.45) is 5.73 Å². The van der Waals surface area contributed by atoms with Gasteiger partial charge in [0.2, 0.25) is 0 Å². The minimum Gasteiger partial charge on any atom is -0.496 e. The number of hydrogen-bond donors (Lipinski definition) is 2. The molecular weight excluding hydrogens is 244 g/mol. The predicted octanol–water partition coefficient (Wildman–Crippen LogP) is 1.16. The lowest BCUT2D eigenvalue weighted by molar-refractivity contribution is 0.203. The molecule has 108 valence electrons. The van der Waals surface area contributed by atoms with E-state index in [4.69, 9.17) is 15.2 Å². The number of anilines is 1. The van der Waals surface area contributed by atoms with Gasteiger partial charge in [-0.15, -0.1) is 0 Å². The molecule has 0 aromatic heterocycles. The summed E-state index contributed by atoms with van der Waals surface area (Å²) in [7, 11) is 3.30. The van der Waals surface area contributed by atoms with Gasteiger partial charge in [0.1, 0.15) is 5.75 Å². The molecule has 1 aromatic rings. The van der Waals surface area contributed by atoms with E-state index in [0.29, 0.717) is 19.7 Å². The molecule has 0 saturated carbocycles. The van der Waals surface area contributed by atoms with E-state index in [1.807, 2.05) is 25.1 Å². The Morgan fingerprint density at radius 2 is 2.05 bits per heavy atom. The van der Waals surface area contributed by atoms with Crippen LogP contribution in [0.25, 0.3) is 0 Å². The number of nitrogens with two attached hydrogens (primary N) is 1. The number of benzene rings is 1. The average molecular weight is 268 g/mol. The van der Waals surface area contributed by atoms with Crippen molar-refractivity contribution >= 4 is 5.69 Å². The van der Waals surface area contributed by atoms with Crippen LogP contribution in [0.15, 0.2) is 18.2 Å². The molecule has 5 nitrogen and oxygen atoms in total. The van der Waals surface area contributed by atoms with Crippen LogP contribution in [-0.4, -0.2) is 45.6 Å². The van der Waals surface area contributed by atoms with E-state index in [0.717, 1.165) is 17.0 Å². The topological polar surface area (TPSA) is 68.0 Å². The largest absolute Gasteiger partial charge is 0.496 e. The van der Waals surface area contributed by atoms with Gasteiger partial charge in [-0.2, -0.15) is 0 Å². The number of aliphatic hydroxyl groups is 1. The maximum atomic E-state index is 9.21. The van der Waals surface area contributed by atoms with Crippen LogP contribution in [0, 0.1) is 0 Å². The van der Waals surface area contributed by atoms with Crippen molar-refractivity contribution in [1.82, 2.24) is 0 Å². The number of ether oxygens (including phenoxy) is 2. The fourth-order valence-electron chi connectivity index (χ4n) is 2.12. The summed E-state index contributed by atoms with van der Waals surface area (Å²) < 4.78 is 10.5. The van der Waals surface area contributed by atoms with Crippen molar-refractivity contribution in [1.29, 1.82) is 0 Å². The third-order valence-corrected chi connectivity index (χ3v) is 2.99. The second-order valence-corrected chi connectivity index (χ2v) is 4.39. The average Bonchev–Trinajstić information content (AvgIpc) is 2.42. The summed E-state index contributed by atoms with van der Waals surface area (Å²) in [5.74, 6) is 0.771. The third-order valence-electron chi connectivity index (χ3n) is 2.99. The van der Waals surface area contributed by atoms with Gasteiger partial charge < -0.3 is 25.2 Å². The highest BCUT2D eigenvalue weighted by Gasteiger charge is 2.17. The van der Waals surface area contributed by atoms with Crippen LogP contribution in [0.1, 0.15) is 18.5 Å². The van der Waals surface area contributed by atoms with Crippen LogP contribution in [-0.2, 0) is 4.74 Å². The van der Waals surface area contributed by atoms with Crippen molar-refractivity contribution in [2.75, 3.05) is 45.4 Å². The van der Waals surface area contributed by atoms with Gasteiger partial charge in [0.05, 0.1) is 20.3 Å². The minimum atomic E-state index is -0.144.